The number of hydrogen-bond acceptors (Lipinski definition) is 6. The van der Waals surface area contributed by atoms with Crippen LogP contribution >= 0.6 is 15.9 Å². The third-order valence-corrected chi connectivity index (χ3v) is 6.87. The summed E-state index contributed by atoms with van der Waals surface area (Å²) in [4.78, 5) is 17.8. The summed E-state index contributed by atoms with van der Waals surface area (Å²) < 4.78 is 33.2. The van der Waals surface area contributed by atoms with Gasteiger partial charge in [-0.05, 0) is 54.6 Å². The number of sulfonamides is 1. The van der Waals surface area contributed by atoms with Crippen molar-refractivity contribution in [2.75, 3.05) is 31.9 Å². The van der Waals surface area contributed by atoms with Crippen LogP contribution in [0.1, 0.15) is 20.8 Å². The highest BCUT2D eigenvalue weighted by atomic mass is 79.9. The Balaban J connectivity index is 1.70. The van der Waals surface area contributed by atoms with Crippen LogP contribution in [0.5, 0.6) is 0 Å². The minimum absolute atomic E-state index is 0.0100. The minimum Gasteiger partial charge on any atom is -0.444 e. The number of anilines is 1. The number of ether oxygens (including phenoxy) is 1. The molecule has 0 spiro atoms. The lowest BCUT2D eigenvalue weighted by atomic mass is 10.0. The van der Waals surface area contributed by atoms with Crippen LogP contribution in [-0.2, 0) is 14.8 Å². The quantitative estimate of drug-likeness (QED) is 0.743. The third-order valence-electron chi connectivity index (χ3n) is 4.57. The summed E-state index contributed by atoms with van der Waals surface area (Å²) in [5, 5.41) is 0. The maximum absolute atomic E-state index is 12.9. The molecule has 10 heteroatoms. The Kier molecular flexibility index (Phi) is 4.95. The van der Waals surface area contributed by atoms with Crippen LogP contribution in [0.15, 0.2) is 21.6 Å². The topological polar surface area (TPSA) is 106 Å². The zero-order valence-corrected chi connectivity index (χ0v) is 17.4. The molecule has 1 amide bonds. The predicted octanol–water partition coefficient (Wildman–Crippen LogP) is 1.91. The van der Waals surface area contributed by atoms with Gasteiger partial charge in [0.15, 0.2) is 0 Å². The lowest BCUT2D eigenvalue weighted by molar-refractivity contribution is 0.0279. The largest absolute Gasteiger partial charge is 0.444 e. The average molecular weight is 447 g/mol. The monoisotopic (exact) mass is 446 g/mol. The number of carbonyl (C=O) groups is 1. The maximum atomic E-state index is 12.9. The normalized spacial score (nSPS) is 23.9. The van der Waals surface area contributed by atoms with E-state index in [4.69, 9.17) is 10.5 Å². The van der Waals surface area contributed by atoms with Crippen LogP contribution in [-0.4, -0.2) is 60.5 Å². The van der Waals surface area contributed by atoms with Crippen molar-refractivity contribution in [1.82, 2.24) is 14.2 Å². The number of rotatable bonds is 2. The van der Waals surface area contributed by atoms with Gasteiger partial charge in [-0.1, -0.05) is 0 Å². The van der Waals surface area contributed by atoms with Crippen LogP contribution < -0.4 is 5.73 Å². The van der Waals surface area contributed by atoms with Gasteiger partial charge < -0.3 is 15.4 Å². The molecule has 1 aromatic heterocycles. The van der Waals surface area contributed by atoms with Crippen molar-refractivity contribution in [1.29, 1.82) is 0 Å². The number of nitrogens with zero attached hydrogens (tertiary/aromatic N) is 3. The Morgan fingerprint density at radius 1 is 1.27 bits per heavy atom. The van der Waals surface area contributed by atoms with Gasteiger partial charge in [-0.2, -0.15) is 4.31 Å². The number of halogens is 1. The maximum Gasteiger partial charge on any atom is 0.410 e. The predicted molar refractivity (Wildman–Crippen MR) is 99.9 cm³/mol. The summed E-state index contributed by atoms with van der Waals surface area (Å²) in [6, 6.07) is 1.47. The number of nitrogen functional groups attached to an aromatic ring is 1. The lowest BCUT2D eigenvalue weighted by Gasteiger charge is -2.26. The van der Waals surface area contributed by atoms with Gasteiger partial charge in [-0.3, -0.25) is 0 Å². The number of pyridine rings is 1. The van der Waals surface area contributed by atoms with Crippen LogP contribution in [0, 0.1) is 11.8 Å². The molecule has 26 heavy (non-hydrogen) atoms. The minimum atomic E-state index is -3.72. The highest BCUT2D eigenvalue weighted by Gasteiger charge is 2.46. The van der Waals surface area contributed by atoms with E-state index in [0.29, 0.717) is 30.7 Å². The Labute approximate surface area is 161 Å². The molecule has 0 aromatic carbocycles. The fourth-order valence-electron chi connectivity index (χ4n) is 3.40. The molecule has 2 saturated heterocycles. The molecule has 1 aromatic rings. The van der Waals surface area contributed by atoms with Gasteiger partial charge in [0.25, 0.3) is 0 Å². The number of fused-ring (bicyclic) bond motifs is 1. The summed E-state index contributed by atoms with van der Waals surface area (Å²) >= 11 is 3.23. The van der Waals surface area contributed by atoms with Crippen molar-refractivity contribution >= 4 is 37.9 Å². The highest BCUT2D eigenvalue weighted by Crippen LogP contribution is 2.36. The molecule has 0 saturated carbocycles. The first-order chi connectivity index (χ1) is 12.0. The zero-order valence-electron chi connectivity index (χ0n) is 15.0. The van der Waals surface area contributed by atoms with E-state index < -0.39 is 15.6 Å². The molecule has 0 radical (unpaired) electrons. The number of aromatic nitrogens is 1. The first kappa shape index (κ1) is 19.4. The first-order valence-corrected chi connectivity index (χ1v) is 10.6. The third kappa shape index (κ3) is 3.81. The van der Waals surface area contributed by atoms with E-state index in [2.05, 4.69) is 20.9 Å². The number of hydrogen-bond donors (Lipinski definition) is 1. The first-order valence-electron chi connectivity index (χ1n) is 8.36. The van der Waals surface area contributed by atoms with E-state index in [1.807, 2.05) is 20.8 Å². The van der Waals surface area contributed by atoms with Gasteiger partial charge in [0, 0.05) is 36.8 Å². The molecule has 0 bridgehead atoms. The van der Waals surface area contributed by atoms with Crippen molar-refractivity contribution in [2.45, 2.75) is 31.3 Å². The summed E-state index contributed by atoms with van der Waals surface area (Å²) in [5.74, 6) is 0.179. The Hall–Kier alpha value is -1.39. The van der Waals surface area contributed by atoms with Gasteiger partial charge in [-0.15, -0.1) is 0 Å². The second-order valence-electron chi connectivity index (χ2n) is 7.76. The van der Waals surface area contributed by atoms with Gasteiger partial charge in [0.05, 0.1) is 0 Å². The van der Waals surface area contributed by atoms with Gasteiger partial charge in [0.2, 0.25) is 10.0 Å². The molecule has 144 valence electrons. The summed E-state index contributed by atoms with van der Waals surface area (Å²) in [6.07, 6.45) is 1.12. The van der Waals surface area contributed by atoms with E-state index in [-0.39, 0.29) is 28.6 Å². The molecule has 3 rings (SSSR count). The summed E-state index contributed by atoms with van der Waals surface area (Å²) in [6.45, 7) is 7.19. The zero-order chi connectivity index (χ0) is 19.3. The van der Waals surface area contributed by atoms with Crippen LogP contribution in [0.3, 0.4) is 0 Å². The van der Waals surface area contributed by atoms with Gasteiger partial charge in [-0.25, -0.2) is 18.2 Å². The van der Waals surface area contributed by atoms with Crippen molar-refractivity contribution in [3.05, 3.63) is 16.7 Å². The molecular formula is C16H23BrN4O4S. The standard InChI is InChI=1S/C16H23BrN4O4S/c1-16(2,3)25-15(22)20-6-10-8-21(9-11(10)7-20)26(23,24)13-4-12(17)5-19-14(13)18/h4-5,10-11H,6-9H2,1-3H3,(H2,18,19)/t10-,11+. The number of nitrogens with two attached hydrogens (primary N) is 1. The fourth-order valence-corrected chi connectivity index (χ4v) is 5.53. The molecule has 2 aliphatic rings. The van der Waals surface area contributed by atoms with Crippen LogP contribution in [0.25, 0.3) is 0 Å². The molecule has 2 aliphatic heterocycles. The van der Waals surface area contributed by atoms with Gasteiger partial charge in [0.1, 0.15) is 16.3 Å². The molecule has 3 heterocycles. The fraction of sp³-hybridized carbons (Fsp3) is 0.625. The highest BCUT2D eigenvalue weighted by molar-refractivity contribution is 9.10. The molecule has 0 unspecified atom stereocenters. The molecule has 2 fully saturated rings. The second kappa shape index (κ2) is 6.65. The number of amides is 1. The molecule has 2 N–H and O–H groups in total. The van der Waals surface area contributed by atoms with Crippen LogP contribution in [0.2, 0.25) is 0 Å². The van der Waals surface area contributed by atoms with Crippen molar-refractivity contribution < 1.29 is 17.9 Å². The smallest absolute Gasteiger partial charge is 0.410 e. The number of likely N-dealkylation sites (tertiary alicyclic amines) is 1. The van der Waals surface area contributed by atoms with Crippen LogP contribution in [0.4, 0.5) is 10.6 Å². The van der Waals surface area contributed by atoms with Crippen molar-refractivity contribution in [2.24, 2.45) is 11.8 Å². The van der Waals surface area contributed by atoms with E-state index in [1.54, 1.807) is 4.90 Å². The van der Waals surface area contributed by atoms with Gasteiger partial charge >= 0.3 is 6.09 Å². The van der Waals surface area contributed by atoms with E-state index in [1.165, 1.54) is 16.6 Å². The van der Waals surface area contributed by atoms with Crippen molar-refractivity contribution in [3.8, 4) is 0 Å². The Morgan fingerprint density at radius 2 is 1.85 bits per heavy atom. The van der Waals surface area contributed by atoms with E-state index in [9.17, 15) is 13.2 Å². The molecule has 2 atom stereocenters. The SMILES string of the molecule is CC(C)(C)OC(=O)N1C[C@@H]2CN(S(=O)(=O)c3cc(Br)cnc3N)C[C@@H]2C1. The number of carbonyl (C=O) groups excluding carboxylic acids is 1. The van der Waals surface area contributed by atoms with Crippen molar-refractivity contribution in [3.63, 3.8) is 0 Å². The second-order valence-corrected chi connectivity index (χ2v) is 10.6. The average Bonchev–Trinajstić information content (AvgIpc) is 3.06. The lowest BCUT2D eigenvalue weighted by Crippen LogP contribution is -2.38. The summed E-state index contributed by atoms with van der Waals surface area (Å²) in [7, 11) is -3.72. The Morgan fingerprint density at radius 3 is 2.38 bits per heavy atom. The summed E-state index contributed by atoms with van der Waals surface area (Å²) in [5.41, 5.74) is 5.23. The Bertz CT molecular complexity index is 810. The van der Waals surface area contributed by atoms with E-state index >= 15 is 0 Å². The molecule has 0 aliphatic carbocycles. The molecule has 8 nitrogen and oxygen atoms in total. The molecular weight excluding hydrogens is 424 g/mol. The van der Waals surface area contributed by atoms with E-state index in [0.717, 1.165) is 0 Å².